The van der Waals surface area contributed by atoms with Crippen LogP contribution in [0, 0.1) is 0 Å². The SMILES string of the molecule is CCCC(C)(N)C(=O)NC(C)C(=O)N1CCOCC1.Cl. The molecule has 1 fully saturated rings. The molecule has 2 unspecified atom stereocenters. The lowest BCUT2D eigenvalue weighted by Crippen LogP contribution is -2.57. The van der Waals surface area contributed by atoms with Gasteiger partial charge in [0.25, 0.3) is 0 Å². The summed E-state index contributed by atoms with van der Waals surface area (Å²) in [5.74, 6) is -0.354. The number of ether oxygens (including phenoxy) is 1. The van der Waals surface area contributed by atoms with Crippen molar-refractivity contribution >= 4 is 24.2 Å². The van der Waals surface area contributed by atoms with Gasteiger partial charge in [-0.2, -0.15) is 0 Å². The number of rotatable bonds is 5. The summed E-state index contributed by atoms with van der Waals surface area (Å²) in [5, 5.41) is 2.71. The number of nitrogens with one attached hydrogen (secondary N) is 1. The average Bonchev–Trinajstić information content (AvgIpc) is 2.38. The van der Waals surface area contributed by atoms with E-state index in [1.54, 1.807) is 18.7 Å². The number of carbonyl (C=O) groups excluding carboxylic acids is 2. The van der Waals surface area contributed by atoms with E-state index in [0.717, 1.165) is 6.42 Å². The van der Waals surface area contributed by atoms with Crippen molar-refractivity contribution in [1.82, 2.24) is 10.2 Å². The number of hydrogen-bond donors (Lipinski definition) is 2. The Hall–Kier alpha value is -0.850. The Labute approximate surface area is 126 Å². The first-order valence-corrected chi connectivity index (χ1v) is 6.85. The van der Waals surface area contributed by atoms with Gasteiger partial charge in [0.15, 0.2) is 0 Å². The summed E-state index contributed by atoms with van der Waals surface area (Å²) in [6.45, 7) is 7.62. The number of carbonyl (C=O) groups is 2. The maximum Gasteiger partial charge on any atom is 0.245 e. The number of amides is 2. The summed E-state index contributed by atoms with van der Waals surface area (Å²) < 4.78 is 5.20. The summed E-state index contributed by atoms with van der Waals surface area (Å²) in [4.78, 5) is 25.9. The van der Waals surface area contributed by atoms with Crippen LogP contribution in [0.3, 0.4) is 0 Å². The zero-order valence-electron chi connectivity index (χ0n) is 12.5. The quantitative estimate of drug-likeness (QED) is 0.764. The molecule has 1 saturated heterocycles. The van der Waals surface area contributed by atoms with Crippen LogP contribution in [0.1, 0.15) is 33.6 Å². The van der Waals surface area contributed by atoms with Gasteiger partial charge in [-0.1, -0.05) is 13.3 Å². The molecule has 7 heteroatoms. The van der Waals surface area contributed by atoms with Gasteiger partial charge in [-0.05, 0) is 20.3 Å². The second-order valence-electron chi connectivity index (χ2n) is 5.30. The number of nitrogens with zero attached hydrogens (tertiary/aromatic N) is 1. The summed E-state index contributed by atoms with van der Waals surface area (Å²) in [6, 6.07) is -0.551. The molecule has 2 atom stereocenters. The highest BCUT2D eigenvalue weighted by molar-refractivity contribution is 5.91. The molecule has 0 bridgehead atoms. The van der Waals surface area contributed by atoms with Crippen molar-refractivity contribution in [3.63, 3.8) is 0 Å². The molecule has 1 aliphatic rings. The lowest BCUT2D eigenvalue weighted by Gasteiger charge is -2.31. The molecular weight excluding hydrogens is 282 g/mol. The summed E-state index contributed by atoms with van der Waals surface area (Å²) >= 11 is 0. The van der Waals surface area contributed by atoms with Gasteiger partial charge in [0.05, 0.1) is 18.8 Å². The van der Waals surface area contributed by atoms with E-state index in [0.29, 0.717) is 32.7 Å². The van der Waals surface area contributed by atoms with Crippen LogP contribution in [0.2, 0.25) is 0 Å². The molecule has 118 valence electrons. The fourth-order valence-corrected chi connectivity index (χ4v) is 2.11. The zero-order chi connectivity index (χ0) is 14.5. The van der Waals surface area contributed by atoms with E-state index in [9.17, 15) is 9.59 Å². The topological polar surface area (TPSA) is 84.7 Å². The van der Waals surface area contributed by atoms with Gasteiger partial charge in [-0.3, -0.25) is 9.59 Å². The minimum atomic E-state index is -0.922. The molecule has 0 radical (unpaired) electrons. The second-order valence-corrected chi connectivity index (χ2v) is 5.30. The minimum absolute atomic E-state index is 0. The van der Waals surface area contributed by atoms with Crippen LogP contribution in [0.4, 0.5) is 0 Å². The number of hydrogen-bond acceptors (Lipinski definition) is 4. The summed E-state index contributed by atoms with van der Waals surface area (Å²) in [6.07, 6.45) is 1.42. The zero-order valence-corrected chi connectivity index (χ0v) is 13.3. The lowest BCUT2D eigenvalue weighted by molar-refractivity contribution is -0.140. The van der Waals surface area contributed by atoms with E-state index in [1.807, 2.05) is 6.92 Å². The molecule has 0 saturated carbocycles. The van der Waals surface area contributed by atoms with Gasteiger partial charge >= 0.3 is 0 Å². The van der Waals surface area contributed by atoms with Crippen LogP contribution in [-0.4, -0.2) is 54.6 Å². The largest absolute Gasteiger partial charge is 0.378 e. The van der Waals surface area contributed by atoms with E-state index < -0.39 is 11.6 Å². The smallest absolute Gasteiger partial charge is 0.245 e. The number of nitrogens with two attached hydrogens (primary N) is 1. The Morgan fingerprint density at radius 2 is 1.95 bits per heavy atom. The summed E-state index contributed by atoms with van der Waals surface area (Å²) in [5.41, 5.74) is 5.02. The lowest BCUT2D eigenvalue weighted by atomic mass is 9.96. The Bertz CT molecular complexity index is 331. The standard InChI is InChI=1S/C13H25N3O3.ClH/c1-4-5-13(3,14)12(18)15-10(2)11(17)16-6-8-19-9-7-16;/h10H,4-9,14H2,1-3H3,(H,15,18);1H. The highest BCUT2D eigenvalue weighted by Gasteiger charge is 2.31. The molecule has 1 heterocycles. The fourth-order valence-electron chi connectivity index (χ4n) is 2.11. The molecule has 2 amide bonds. The molecule has 0 aromatic heterocycles. The second kappa shape index (κ2) is 8.44. The Balaban J connectivity index is 0.00000361. The predicted molar refractivity (Wildman–Crippen MR) is 79.8 cm³/mol. The molecule has 0 aromatic rings. The molecule has 0 aromatic carbocycles. The number of halogens is 1. The molecule has 20 heavy (non-hydrogen) atoms. The van der Waals surface area contributed by atoms with Crippen LogP contribution < -0.4 is 11.1 Å². The van der Waals surface area contributed by atoms with Crippen molar-refractivity contribution in [2.24, 2.45) is 5.73 Å². The average molecular weight is 308 g/mol. The molecule has 0 spiro atoms. The highest BCUT2D eigenvalue weighted by atomic mass is 35.5. The Morgan fingerprint density at radius 1 is 1.40 bits per heavy atom. The van der Waals surface area contributed by atoms with Crippen molar-refractivity contribution in [3.8, 4) is 0 Å². The van der Waals surface area contributed by atoms with E-state index in [1.165, 1.54) is 0 Å². The van der Waals surface area contributed by atoms with Gasteiger partial charge < -0.3 is 20.7 Å². The van der Waals surface area contributed by atoms with Crippen LogP contribution >= 0.6 is 12.4 Å². The monoisotopic (exact) mass is 307 g/mol. The summed E-state index contributed by atoms with van der Waals surface area (Å²) in [7, 11) is 0. The van der Waals surface area contributed by atoms with Crippen molar-refractivity contribution in [3.05, 3.63) is 0 Å². The van der Waals surface area contributed by atoms with E-state index >= 15 is 0 Å². The first-order valence-electron chi connectivity index (χ1n) is 6.85. The van der Waals surface area contributed by atoms with Crippen LogP contribution in [0.15, 0.2) is 0 Å². The predicted octanol–water partition coefficient (Wildman–Crippen LogP) is 0.289. The molecule has 6 nitrogen and oxygen atoms in total. The van der Waals surface area contributed by atoms with Gasteiger partial charge in [-0.15, -0.1) is 12.4 Å². The normalized spacial score (nSPS) is 19.5. The molecule has 0 aliphatic carbocycles. The highest BCUT2D eigenvalue weighted by Crippen LogP contribution is 2.09. The first kappa shape index (κ1) is 19.1. The molecule has 3 N–H and O–H groups in total. The van der Waals surface area contributed by atoms with Crippen LogP contribution in [0.5, 0.6) is 0 Å². The van der Waals surface area contributed by atoms with E-state index in [2.05, 4.69) is 5.32 Å². The Morgan fingerprint density at radius 3 is 2.45 bits per heavy atom. The van der Waals surface area contributed by atoms with Crippen molar-refractivity contribution in [2.45, 2.75) is 45.2 Å². The van der Waals surface area contributed by atoms with E-state index in [-0.39, 0.29) is 24.2 Å². The molecule has 1 aliphatic heterocycles. The van der Waals surface area contributed by atoms with E-state index in [4.69, 9.17) is 10.5 Å². The third kappa shape index (κ3) is 5.26. The van der Waals surface area contributed by atoms with Gasteiger partial charge in [0.2, 0.25) is 11.8 Å². The van der Waals surface area contributed by atoms with Crippen molar-refractivity contribution in [2.75, 3.05) is 26.3 Å². The molecular formula is C13H26ClN3O3. The molecule has 1 rings (SSSR count). The van der Waals surface area contributed by atoms with Crippen molar-refractivity contribution in [1.29, 1.82) is 0 Å². The number of morpholine rings is 1. The maximum atomic E-state index is 12.1. The first-order chi connectivity index (χ1) is 8.88. The third-order valence-corrected chi connectivity index (χ3v) is 3.33. The maximum absolute atomic E-state index is 12.1. The van der Waals surface area contributed by atoms with Gasteiger partial charge in [0.1, 0.15) is 6.04 Å². The van der Waals surface area contributed by atoms with Crippen molar-refractivity contribution < 1.29 is 14.3 Å². The van der Waals surface area contributed by atoms with Crippen LogP contribution in [0.25, 0.3) is 0 Å². The van der Waals surface area contributed by atoms with Gasteiger partial charge in [-0.25, -0.2) is 0 Å². The third-order valence-electron chi connectivity index (χ3n) is 3.33. The van der Waals surface area contributed by atoms with Gasteiger partial charge in [0, 0.05) is 13.1 Å². The Kier molecular flexibility index (Phi) is 8.08. The fraction of sp³-hybridized carbons (Fsp3) is 0.846. The van der Waals surface area contributed by atoms with Crippen LogP contribution in [-0.2, 0) is 14.3 Å². The minimum Gasteiger partial charge on any atom is -0.378 e.